The minimum Gasteiger partial charge on any atom is -0.452 e. The molecule has 2 aromatic rings. The zero-order chi connectivity index (χ0) is 23.7. The molecule has 0 spiro atoms. The molecule has 1 aromatic heterocycles. The van der Waals surface area contributed by atoms with Crippen LogP contribution < -0.4 is 10.9 Å². The Labute approximate surface area is 196 Å². The van der Waals surface area contributed by atoms with Gasteiger partial charge in [-0.3, -0.25) is 20.4 Å². The molecular formula is C22H25N3O6S2. The fourth-order valence-electron chi connectivity index (χ4n) is 3.16. The van der Waals surface area contributed by atoms with E-state index in [1.807, 2.05) is 0 Å². The van der Waals surface area contributed by atoms with Crippen LogP contribution in [0, 0.1) is 0 Å². The molecule has 2 amide bonds. The molecule has 1 saturated heterocycles. The Morgan fingerprint density at radius 2 is 1.70 bits per heavy atom. The van der Waals surface area contributed by atoms with E-state index in [9.17, 15) is 22.8 Å². The molecule has 0 atom stereocenters. The molecule has 176 valence electrons. The van der Waals surface area contributed by atoms with E-state index in [4.69, 9.17) is 4.74 Å². The van der Waals surface area contributed by atoms with Crippen LogP contribution in [0.4, 0.5) is 0 Å². The van der Waals surface area contributed by atoms with Crippen LogP contribution in [0.5, 0.6) is 0 Å². The summed E-state index contributed by atoms with van der Waals surface area (Å²) < 4.78 is 32.0. The van der Waals surface area contributed by atoms with Crippen molar-refractivity contribution in [2.24, 2.45) is 0 Å². The number of amides is 2. The second kappa shape index (κ2) is 11.7. The summed E-state index contributed by atoms with van der Waals surface area (Å²) in [5.74, 6) is -1.91. The first-order chi connectivity index (χ1) is 15.9. The van der Waals surface area contributed by atoms with E-state index in [0.29, 0.717) is 23.5 Å². The summed E-state index contributed by atoms with van der Waals surface area (Å²) in [6.45, 7) is 0.489. The number of rotatable bonds is 7. The molecule has 2 heterocycles. The number of ether oxygens (including phenoxy) is 1. The van der Waals surface area contributed by atoms with E-state index in [-0.39, 0.29) is 4.90 Å². The van der Waals surface area contributed by atoms with Gasteiger partial charge in [0, 0.05) is 19.2 Å². The molecule has 3 rings (SSSR count). The molecule has 0 unspecified atom stereocenters. The van der Waals surface area contributed by atoms with Gasteiger partial charge < -0.3 is 4.74 Å². The number of benzene rings is 1. The van der Waals surface area contributed by atoms with Crippen LogP contribution in [-0.4, -0.2) is 50.2 Å². The molecule has 1 fully saturated rings. The maximum absolute atomic E-state index is 12.8. The van der Waals surface area contributed by atoms with Gasteiger partial charge in [-0.15, -0.1) is 11.3 Å². The molecule has 0 radical (unpaired) electrons. The van der Waals surface area contributed by atoms with Gasteiger partial charge in [-0.1, -0.05) is 31.0 Å². The lowest BCUT2D eigenvalue weighted by molar-refractivity contribution is -0.144. The number of hydrazine groups is 1. The number of carbonyl (C=O) groups excluding carboxylic acids is 3. The summed E-state index contributed by atoms with van der Waals surface area (Å²) in [5.41, 5.74) is 4.98. The number of thiophene rings is 1. The molecule has 1 aliphatic heterocycles. The quantitative estimate of drug-likeness (QED) is 0.348. The van der Waals surface area contributed by atoms with E-state index in [0.717, 1.165) is 31.8 Å². The highest BCUT2D eigenvalue weighted by Gasteiger charge is 2.24. The number of esters is 1. The molecular weight excluding hydrogens is 466 g/mol. The maximum Gasteiger partial charge on any atom is 0.331 e. The highest BCUT2D eigenvalue weighted by atomic mass is 32.2. The third kappa shape index (κ3) is 7.24. The van der Waals surface area contributed by atoms with Crippen molar-refractivity contribution in [2.75, 3.05) is 19.7 Å². The predicted molar refractivity (Wildman–Crippen MR) is 124 cm³/mol. The van der Waals surface area contributed by atoms with Gasteiger partial charge in [0.25, 0.3) is 11.8 Å². The fraction of sp³-hybridized carbons (Fsp3) is 0.318. The molecule has 1 aromatic carbocycles. The number of nitrogens with zero attached hydrogens (tertiary/aromatic N) is 1. The lowest BCUT2D eigenvalue weighted by atomic mass is 10.2. The summed E-state index contributed by atoms with van der Waals surface area (Å²) in [7, 11) is -3.53. The Morgan fingerprint density at radius 3 is 2.33 bits per heavy atom. The van der Waals surface area contributed by atoms with Crippen LogP contribution in [-0.2, 0) is 24.3 Å². The van der Waals surface area contributed by atoms with Gasteiger partial charge in [0.1, 0.15) is 0 Å². The largest absolute Gasteiger partial charge is 0.452 e. The second-order valence-corrected chi connectivity index (χ2v) is 10.2. The van der Waals surface area contributed by atoms with Crippen molar-refractivity contribution in [3.63, 3.8) is 0 Å². The van der Waals surface area contributed by atoms with Gasteiger partial charge in [0.05, 0.1) is 9.77 Å². The topological polar surface area (TPSA) is 122 Å². The molecule has 0 aliphatic carbocycles. The first-order valence-corrected chi connectivity index (χ1v) is 12.8. The van der Waals surface area contributed by atoms with Crippen LogP contribution in [0.3, 0.4) is 0 Å². The lowest BCUT2D eigenvalue weighted by Gasteiger charge is -2.19. The monoisotopic (exact) mass is 491 g/mol. The smallest absolute Gasteiger partial charge is 0.331 e. The molecule has 9 nitrogen and oxygen atoms in total. The highest BCUT2D eigenvalue weighted by Crippen LogP contribution is 2.21. The van der Waals surface area contributed by atoms with Crippen LogP contribution in [0.25, 0.3) is 6.08 Å². The molecule has 0 saturated carbocycles. The summed E-state index contributed by atoms with van der Waals surface area (Å²) in [5, 5.41) is 1.73. The van der Waals surface area contributed by atoms with Crippen molar-refractivity contribution >= 4 is 45.2 Å². The summed E-state index contributed by atoms with van der Waals surface area (Å²) in [4.78, 5) is 35.9. The number of sulfonamides is 1. The lowest BCUT2D eigenvalue weighted by Crippen LogP contribution is -2.43. The Bertz CT molecular complexity index is 1090. The van der Waals surface area contributed by atoms with Gasteiger partial charge in [-0.2, -0.15) is 4.31 Å². The second-order valence-electron chi connectivity index (χ2n) is 7.31. The summed E-state index contributed by atoms with van der Waals surface area (Å²) in [6, 6.07) is 9.53. The predicted octanol–water partition coefficient (Wildman–Crippen LogP) is 2.33. The molecule has 11 heteroatoms. The minimum atomic E-state index is -3.53. The SMILES string of the molecule is O=C(COC(=O)C=Cc1ccc(S(=O)(=O)N2CCCCCC2)cc1)NNC(=O)c1cccs1. The minimum absolute atomic E-state index is 0.213. The van der Waals surface area contributed by atoms with E-state index >= 15 is 0 Å². The zero-order valence-electron chi connectivity index (χ0n) is 17.9. The van der Waals surface area contributed by atoms with E-state index in [1.54, 1.807) is 29.6 Å². The Balaban J connectivity index is 1.45. The first-order valence-electron chi connectivity index (χ1n) is 10.4. The Morgan fingerprint density at radius 1 is 1.00 bits per heavy atom. The Kier molecular flexibility index (Phi) is 8.75. The van der Waals surface area contributed by atoms with Gasteiger partial charge in [-0.05, 0) is 48.1 Å². The van der Waals surface area contributed by atoms with Crippen molar-refractivity contribution in [1.82, 2.24) is 15.2 Å². The summed E-state index contributed by atoms with van der Waals surface area (Å²) in [6.07, 6.45) is 6.40. The number of carbonyl (C=O) groups is 3. The van der Waals surface area contributed by atoms with E-state index in [1.165, 1.54) is 33.9 Å². The molecule has 0 bridgehead atoms. The third-order valence-electron chi connectivity index (χ3n) is 4.90. The Hall–Kier alpha value is -3.02. The van der Waals surface area contributed by atoms with Crippen molar-refractivity contribution in [2.45, 2.75) is 30.6 Å². The van der Waals surface area contributed by atoms with Gasteiger partial charge in [-0.25, -0.2) is 13.2 Å². The standard InChI is InChI=1S/C22H25N3O6S2/c26-20(23-24-22(28)19-6-5-15-32-19)16-31-21(27)12-9-17-7-10-18(11-8-17)33(29,30)25-13-3-1-2-4-14-25/h5-12,15H,1-4,13-14,16H2,(H,23,26)(H,24,28). The number of nitrogens with one attached hydrogen (secondary N) is 2. The van der Waals surface area contributed by atoms with Crippen molar-refractivity contribution < 1.29 is 27.5 Å². The highest BCUT2D eigenvalue weighted by molar-refractivity contribution is 7.89. The fourth-order valence-corrected chi connectivity index (χ4v) is 5.30. The van der Waals surface area contributed by atoms with Crippen molar-refractivity contribution in [3.8, 4) is 0 Å². The van der Waals surface area contributed by atoms with E-state index < -0.39 is 34.4 Å². The molecule has 1 aliphatic rings. The number of hydrogen-bond acceptors (Lipinski definition) is 7. The van der Waals surface area contributed by atoms with Crippen molar-refractivity contribution in [1.29, 1.82) is 0 Å². The van der Waals surface area contributed by atoms with Gasteiger partial charge in [0.2, 0.25) is 10.0 Å². The number of hydrogen-bond donors (Lipinski definition) is 2. The first kappa shape index (κ1) is 24.6. The van der Waals surface area contributed by atoms with Crippen LogP contribution >= 0.6 is 11.3 Å². The normalized spacial score (nSPS) is 15.0. The third-order valence-corrected chi connectivity index (χ3v) is 7.68. The van der Waals surface area contributed by atoms with Crippen LogP contribution in [0.2, 0.25) is 0 Å². The maximum atomic E-state index is 12.8. The average molecular weight is 492 g/mol. The van der Waals surface area contributed by atoms with Gasteiger partial charge >= 0.3 is 5.97 Å². The van der Waals surface area contributed by atoms with Crippen molar-refractivity contribution in [3.05, 3.63) is 58.3 Å². The summed E-state index contributed by atoms with van der Waals surface area (Å²) >= 11 is 1.22. The molecule has 2 N–H and O–H groups in total. The average Bonchev–Trinajstić information content (AvgIpc) is 3.22. The van der Waals surface area contributed by atoms with Crippen LogP contribution in [0.1, 0.15) is 40.9 Å². The molecule has 33 heavy (non-hydrogen) atoms. The van der Waals surface area contributed by atoms with Gasteiger partial charge in [0.15, 0.2) is 6.61 Å². The van der Waals surface area contributed by atoms with E-state index in [2.05, 4.69) is 10.9 Å². The zero-order valence-corrected chi connectivity index (χ0v) is 19.5. The van der Waals surface area contributed by atoms with Crippen LogP contribution in [0.15, 0.2) is 52.7 Å².